The third-order valence-electron chi connectivity index (χ3n) is 2.83. The van der Waals surface area contributed by atoms with Gasteiger partial charge in [-0.15, -0.1) is 0 Å². The van der Waals surface area contributed by atoms with Crippen LogP contribution in [-0.2, 0) is 6.42 Å². The van der Waals surface area contributed by atoms with Crippen LogP contribution in [0.3, 0.4) is 0 Å². The van der Waals surface area contributed by atoms with E-state index in [0.717, 1.165) is 11.1 Å². The maximum Gasteiger partial charge on any atom is 0.137 e. The average Bonchev–Trinajstić information content (AvgIpc) is 2.38. The SMILES string of the molecule is NC(Cc1cccc(F)c1Br)c1cc(Cl)ccc1Cl. The first-order valence-corrected chi connectivity index (χ1v) is 7.17. The first kappa shape index (κ1) is 14.8. The molecule has 0 spiro atoms. The van der Waals surface area contributed by atoms with Crippen LogP contribution in [0.15, 0.2) is 40.9 Å². The topological polar surface area (TPSA) is 26.0 Å². The largest absolute Gasteiger partial charge is 0.324 e. The summed E-state index contributed by atoms with van der Waals surface area (Å²) in [5, 5.41) is 1.14. The first-order chi connectivity index (χ1) is 8.99. The molecule has 1 nitrogen and oxygen atoms in total. The van der Waals surface area contributed by atoms with Gasteiger partial charge >= 0.3 is 0 Å². The Bertz CT molecular complexity index is 604. The van der Waals surface area contributed by atoms with Crippen molar-refractivity contribution >= 4 is 39.1 Å². The molecule has 19 heavy (non-hydrogen) atoms. The van der Waals surface area contributed by atoms with Crippen LogP contribution in [0.25, 0.3) is 0 Å². The minimum atomic E-state index is -0.343. The quantitative estimate of drug-likeness (QED) is 0.803. The van der Waals surface area contributed by atoms with Crippen LogP contribution in [0.1, 0.15) is 17.2 Å². The molecular formula is C14H11BrCl2FN. The number of hydrogen-bond donors (Lipinski definition) is 1. The standard InChI is InChI=1S/C14H11BrCl2FN/c15-14-8(2-1-3-12(14)18)6-13(19)10-7-9(16)4-5-11(10)17/h1-5,7,13H,6,19H2. The van der Waals surface area contributed by atoms with E-state index in [0.29, 0.717) is 20.9 Å². The Hall–Kier alpha value is -0.610. The summed E-state index contributed by atoms with van der Waals surface area (Å²) in [4.78, 5) is 0. The summed E-state index contributed by atoms with van der Waals surface area (Å²) in [5.74, 6) is -0.304. The summed E-state index contributed by atoms with van der Waals surface area (Å²) < 4.78 is 13.9. The highest BCUT2D eigenvalue weighted by Gasteiger charge is 2.14. The molecule has 0 bridgehead atoms. The van der Waals surface area contributed by atoms with Crippen LogP contribution >= 0.6 is 39.1 Å². The molecule has 2 N–H and O–H groups in total. The number of halogens is 4. The van der Waals surface area contributed by atoms with Gasteiger partial charge in [0, 0.05) is 16.1 Å². The second kappa shape index (κ2) is 6.23. The van der Waals surface area contributed by atoms with Crippen molar-refractivity contribution in [2.24, 2.45) is 5.73 Å². The molecule has 0 aliphatic rings. The second-order valence-corrected chi connectivity index (χ2v) is 5.83. The highest BCUT2D eigenvalue weighted by atomic mass is 79.9. The highest BCUT2D eigenvalue weighted by Crippen LogP contribution is 2.29. The van der Waals surface area contributed by atoms with Gasteiger partial charge in [0.1, 0.15) is 5.82 Å². The molecule has 2 aromatic carbocycles. The van der Waals surface area contributed by atoms with E-state index in [2.05, 4.69) is 15.9 Å². The van der Waals surface area contributed by atoms with Crippen molar-refractivity contribution in [3.63, 3.8) is 0 Å². The Balaban J connectivity index is 2.28. The number of rotatable bonds is 3. The van der Waals surface area contributed by atoms with Crippen LogP contribution in [0.2, 0.25) is 10.0 Å². The molecule has 0 aliphatic heterocycles. The molecule has 0 amide bonds. The highest BCUT2D eigenvalue weighted by molar-refractivity contribution is 9.10. The summed E-state index contributed by atoms with van der Waals surface area (Å²) in [6.07, 6.45) is 0.471. The Morgan fingerprint density at radius 3 is 2.68 bits per heavy atom. The maximum atomic E-state index is 13.4. The maximum absolute atomic E-state index is 13.4. The van der Waals surface area contributed by atoms with Crippen LogP contribution in [0.5, 0.6) is 0 Å². The fraction of sp³-hybridized carbons (Fsp3) is 0.143. The molecular weight excluding hydrogens is 352 g/mol. The number of benzene rings is 2. The predicted octanol–water partition coefficient (Wildman–Crippen LogP) is 5.14. The first-order valence-electron chi connectivity index (χ1n) is 5.62. The van der Waals surface area contributed by atoms with Crippen molar-refractivity contribution in [3.8, 4) is 0 Å². The van der Waals surface area contributed by atoms with Crippen molar-refractivity contribution in [2.45, 2.75) is 12.5 Å². The zero-order chi connectivity index (χ0) is 14.0. The van der Waals surface area contributed by atoms with Crippen molar-refractivity contribution in [1.29, 1.82) is 0 Å². The van der Waals surface area contributed by atoms with E-state index < -0.39 is 0 Å². The lowest BCUT2D eigenvalue weighted by molar-refractivity contribution is 0.614. The van der Waals surface area contributed by atoms with Crippen molar-refractivity contribution in [3.05, 3.63) is 67.9 Å². The molecule has 5 heteroatoms. The zero-order valence-electron chi connectivity index (χ0n) is 9.84. The summed E-state index contributed by atoms with van der Waals surface area (Å²) in [6, 6.07) is 9.68. The molecule has 0 saturated heterocycles. The summed E-state index contributed by atoms with van der Waals surface area (Å²) in [5.41, 5.74) is 7.68. The summed E-state index contributed by atoms with van der Waals surface area (Å²) >= 11 is 15.3. The molecule has 2 aromatic rings. The Labute approximate surface area is 129 Å². The van der Waals surface area contributed by atoms with E-state index in [1.54, 1.807) is 24.3 Å². The van der Waals surface area contributed by atoms with Gasteiger partial charge in [0.25, 0.3) is 0 Å². The second-order valence-electron chi connectivity index (χ2n) is 4.19. The minimum absolute atomic E-state index is 0.304. The van der Waals surface area contributed by atoms with Crippen molar-refractivity contribution < 1.29 is 4.39 Å². The van der Waals surface area contributed by atoms with Gasteiger partial charge in [0.2, 0.25) is 0 Å². The molecule has 0 saturated carbocycles. The summed E-state index contributed by atoms with van der Waals surface area (Å²) in [7, 11) is 0. The van der Waals surface area contributed by atoms with Gasteiger partial charge in [-0.2, -0.15) is 0 Å². The Kier molecular flexibility index (Phi) is 4.85. The predicted molar refractivity (Wildman–Crippen MR) is 81.2 cm³/mol. The van der Waals surface area contributed by atoms with Gasteiger partial charge in [-0.1, -0.05) is 35.3 Å². The molecule has 0 aromatic heterocycles. The van der Waals surface area contributed by atoms with E-state index in [1.165, 1.54) is 6.07 Å². The normalized spacial score (nSPS) is 12.5. The van der Waals surface area contributed by atoms with Crippen LogP contribution in [0.4, 0.5) is 4.39 Å². The lowest BCUT2D eigenvalue weighted by atomic mass is 9.99. The fourth-order valence-corrected chi connectivity index (χ4v) is 2.72. The smallest absolute Gasteiger partial charge is 0.137 e. The molecule has 1 atom stereocenters. The fourth-order valence-electron chi connectivity index (χ4n) is 1.85. The Morgan fingerprint density at radius 1 is 1.21 bits per heavy atom. The summed E-state index contributed by atoms with van der Waals surface area (Å²) in [6.45, 7) is 0. The van der Waals surface area contributed by atoms with Crippen LogP contribution < -0.4 is 5.73 Å². The van der Waals surface area contributed by atoms with E-state index in [-0.39, 0.29) is 11.9 Å². The van der Waals surface area contributed by atoms with E-state index in [9.17, 15) is 4.39 Å². The molecule has 100 valence electrons. The van der Waals surface area contributed by atoms with Gasteiger partial charge in [-0.25, -0.2) is 4.39 Å². The van der Waals surface area contributed by atoms with Gasteiger partial charge in [-0.3, -0.25) is 0 Å². The lowest BCUT2D eigenvalue weighted by Gasteiger charge is -2.15. The van der Waals surface area contributed by atoms with Crippen LogP contribution in [-0.4, -0.2) is 0 Å². The molecule has 1 unspecified atom stereocenters. The molecule has 0 heterocycles. The van der Waals surface area contributed by atoms with E-state index in [4.69, 9.17) is 28.9 Å². The monoisotopic (exact) mass is 361 g/mol. The van der Waals surface area contributed by atoms with E-state index in [1.807, 2.05) is 6.07 Å². The lowest BCUT2D eigenvalue weighted by Crippen LogP contribution is -2.14. The van der Waals surface area contributed by atoms with E-state index >= 15 is 0 Å². The van der Waals surface area contributed by atoms with Crippen molar-refractivity contribution in [1.82, 2.24) is 0 Å². The molecule has 0 fully saturated rings. The minimum Gasteiger partial charge on any atom is -0.324 e. The molecule has 0 radical (unpaired) electrons. The molecule has 0 aliphatic carbocycles. The van der Waals surface area contributed by atoms with Crippen molar-refractivity contribution in [2.75, 3.05) is 0 Å². The van der Waals surface area contributed by atoms with Gasteiger partial charge in [0.05, 0.1) is 4.47 Å². The Morgan fingerprint density at radius 2 is 1.95 bits per heavy atom. The zero-order valence-corrected chi connectivity index (χ0v) is 12.9. The molecule has 2 rings (SSSR count). The van der Waals surface area contributed by atoms with Gasteiger partial charge < -0.3 is 5.73 Å². The third-order valence-corrected chi connectivity index (χ3v) is 4.30. The third kappa shape index (κ3) is 3.48. The van der Waals surface area contributed by atoms with Gasteiger partial charge in [0.15, 0.2) is 0 Å². The number of hydrogen-bond acceptors (Lipinski definition) is 1. The van der Waals surface area contributed by atoms with Crippen LogP contribution in [0, 0.1) is 5.82 Å². The number of nitrogens with two attached hydrogens (primary N) is 1. The van der Waals surface area contributed by atoms with Gasteiger partial charge in [-0.05, 0) is 57.7 Å². The average molecular weight is 363 g/mol.